The zero-order chi connectivity index (χ0) is 23.4. The molecule has 5 heteroatoms. The maximum atomic E-state index is 13.3. The van der Waals surface area contributed by atoms with Gasteiger partial charge in [0.05, 0.1) is 5.39 Å². The van der Waals surface area contributed by atoms with Gasteiger partial charge in [-0.25, -0.2) is 4.79 Å². The molecule has 4 saturated carbocycles. The van der Waals surface area contributed by atoms with Crippen LogP contribution in [0.5, 0.6) is 0 Å². The van der Waals surface area contributed by atoms with Gasteiger partial charge in [0, 0.05) is 16.5 Å². The number of ether oxygens (including phenoxy) is 1. The number of para-hydroxylation sites is 1. The number of carbonyl (C=O) groups excluding carboxylic acids is 2. The van der Waals surface area contributed by atoms with Crippen molar-refractivity contribution in [3.05, 3.63) is 69.9 Å². The van der Waals surface area contributed by atoms with E-state index in [0.29, 0.717) is 34.5 Å². The van der Waals surface area contributed by atoms with E-state index in [1.54, 1.807) is 25.1 Å². The summed E-state index contributed by atoms with van der Waals surface area (Å²) in [5.41, 5.74) is 1.13. The van der Waals surface area contributed by atoms with E-state index in [2.05, 4.69) is 0 Å². The van der Waals surface area contributed by atoms with Gasteiger partial charge in [-0.05, 0) is 75.3 Å². The third-order valence-corrected chi connectivity index (χ3v) is 8.36. The molecule has 0 radical (unpaired) electrons. The van der Waals surface area contributed by atoms with E-state index < -0.39 is 5.97 Å². The molecule has 0 atom stereocenters. The van der Waals surface area contributed by atoms with Crippen molar-refractivity contribution in [2.24, 2.45) is 23.2 Å². The summed E-state index contributed by atoms with van der Waals surface area (Å²) in [5, 5.41) is 0.332. The predicted molar refractivity (Wildman–Crippen MR) is 129 cm³/mol. The van der Waals surface area contributed by atoms with Gasteiger partial charge >= 0.3 is 5.97 Å². The van der Waals surface area contributed by atoms with E-state index in [0.717, 1.165) is 24.8 Å². The molecule has 4 fully saturated rings. The van der Waals surface area contributed by atoms with Crippen LogP contribution in [0.4, 0.5) is 0 Å². The van der Waals surface area contributed by atoms with Crippen LogP contribution in [0, 0.1) is 30.1 Å². The molecule has 174 valence electrons. The molecular weight excluding hydrogens is 428 g/mol. The largest absolute Gasteiger partial charge is 0.455 e. The highest BCUT2D eigenvalue weighted by atomic mass is 16.5. The third kappa shape index (κ3) is 3.41. The topological polar surface area (TPSA) is 73.6 Å². The first-order chi connectivity index (χ1) is 16.4. The first kappa shape index (κ1) is 21.3. The highest BCUT2D eigenvalue weighted by Gasteiger charge is 2.54. The highest BCUT2D eigenvalue weighted by Crippen LogP contribution is 2.60. The standard InChI is InChI=1S/C29H28O5/c1-17-25(31)22-8-5-9-23(27(22)34-26(17)21-6-3-2-4-7-21)28(32)33-16-24(30)29-13-18-10-19(14-29)12-20(11-18)15-29/h2-9,18-20H,10-16H2,1H3. The van der Waals surface area contributed by atoms with Crippen LogP contribution in [0.3, 0.4) is 0 Å². The van der Waals surface area contributed by atoms with E-state index in [1.807, 2.05) is 30.3 Å². The number of benzene rings is 2. The fourth-order valence-electron chi connectivity index (χ4n) is 7.15. The zero-order valence-corrected chi connectivity index (χ0v) is 19.3. The molecule has 3 aromatic rings. The number of fused-ring (bicyclic) bond motifs is 1. The molecule has 0 amide bonds. The van der Waals surface area contributed by atoms with Crippen molar-refractivity contribution in [2.45, 2.75) is 45.4 Å². The van der Waals surface area contributed by atoms with Crippen molar-refractivity contribution in [3.63, 3.8) is 0 Å². The van der Waals surface area contributed by atoms with Gasteiger partial charge in [0.15, 0.2) is 23.4 Å². The van der Waals surface area contributed by atoms with Crippen molar-refractivity contribution in [1.82, 2.24) is 0 Å². The number of carbonyl (C=O) groups is 2. The molecule has 0 aliphatic heterocycles. The van der Waals surface area contributed by atoms with Gasteiger partial charge in [0.2, 0.25) is 0 Å². The monoisotopic (exact) mass is 456 g/mol. The van der Waals surface area contributed by atoms with Crippen molar-refractivity contribution in [2.75, 3.05) is 6.61 Å². The van der Waals surface area contributed by atoms with Crippen LogP contribution >= 0.6 is 0 Å². The van der Waals surface area contributed by atoms with Crippen LogP contribution in [0.2, 0.25) is 0 Å². The highest BCUT2D eigenvalue weighted by molar-refractivity contribution is 6.03. The lowest BCUT2D eigenvalue weighted by Gasteiger charge is -2.55. The molecule has 1 aromatic heterocycles. The number of hydrogen-bond donors (Lipinski definition) is 0. The quantitative estimate of drug-likeness (QED) is 0.460. The maximum absolute atomic E-state index is 13.3. The second-order valence-corrected chi connectivity index (χ2v) is 10.6. The van der Waals surface area contributed by atoms with E-state index in [-0.39, 0.29) is 34.4 Å². The van der Waals surface area contributed by atoms with Gasteiger partial charge in [0.25, 0.3) is 0 Å². The second kappa shape index (κ2) is 7.93. The molecule has 0 saturated heterocycles. The summed E-state index contributed by atoms with van der Waals surface area (Å²) < 4.78 is 11.7. The van der Waals surface area contributed by atoms with Crippen molar-refractivity contribution < 1.29 is 18.7 Å². The minimum absolute atomic E-state index is 0.0578. The lowest BCUT2D eigenvalue weighted by Crippen LogP contribution is -2.51. The molecule has 4 aliphatic carbocycles. The number of rotatable bonds is 5. The third-order valence-electron chi connectivity index (χ3n) is 8.36. The smallest absolute Gasteiger partial charge is 0.342 e. The van der Waals surface area contributed by atoms with E-state index in [4.69, 9.17) is 9.15 Å². The number of Topliss-reactive ketones (excluding diaryl/α,β-unsaturated/α-hetero) is 1. The summed E-state index contributed by atoms with van der Waals surface area (Å²) in [6.45, 7) is 1.51. The van der Waals surface area contributed by atoms with Gasteiger partial charge in [-0.2, -0.15) is 0 Å². The van der Waals surface area contributed by atoms with Gasteiger partial charge in [-0.15, -0.1) is 0 Å². The summed E-state index contributed by atoms with van der Waals surface area (Å²) >= 11 is 0. The molecule has 1 heterocycles. The van der Waals surface area contributed by atoms with Crippen LogP contribution in [0.25, 0.3) is 22.3 Å². The first-order valence-corrected chi connectivity index (χ1v) is 12.3. The number of ketones is 1. The van der Waals surface area contributed by atoms with Crippen molar-refractivity contribution in [1.29, 1.82) is 0 Å². The molecule has 4 bridgehead atoms. The molecule has 34 heavy (non-hydrogen) atoms. The van der Waals surface area contributed by atoms with Gasteiger partial charge in [-0.3, -0.25) is 9.59 Å². The SMILES string of the molecule is Cc1c(-c2ccccc2)oc2c(C(=O)OCC(=O)C34CC5CC(CC(C5)C3)C4)cccc2c1=O. The Balaban J connectivity index is 1.28. The molecule has 2 aromatic carbocycles. The Hall–Kier alpha value is -3.21. The zero-order valence-electron chi connectivity index (χ0n) is 19.3. The van der Waals surface area contributed by atoms with E-state index >= 15 is 0 Å². The fraction of sp³-hybridized carbons (Fsp3) is 0.414. The Kier molecular flexibility index (Phi) is 4.98. The molecule has 4 aliphatic rings. The Morgan fingerprint density at radius 3 is 2.24 bits per heavy atom. The van der Waals surface area contributed by atoms with Crippen LogP contribution in [-0.4, -0.2) is 18.4 Å². The van der Waals surface area contributed by atoms with Gasteiger partial charge < -0.3 is 9.15 Å². The molecular formula is C29H28O5. The van der Waals surface area contributed by atoms with Crippen LogP contribution in [-0.2, 0) is 9.53 Å². The van der Waals surface area contributed by atoms with Crippen molar-refractivity contribution >= 4 is 22.7 Å². The number of hydrogen-bond acceptors (Lipinski definition) is 5. The van der Waals surface area contributed by atoms with E-state index in [9.17, 15) is 14.4 Å². The summed E-state index contributed by atoms with van der Waals surface area (Å²) in [4.78, 5) is 39.4. The molecule has 0 unspecified atom stereocenters. The maximum Gasteiger partial charge on any atom is 0.342 e. The minimum atomic E-state index is -0.630. The molecule has 5 nitrogen and oxygen atoms in total. The predicted octanol–water partition coefficient (Wildman–Crippen LogP) is 5.71. The van der Waals surface area contributed by atoms with Crippen LogP contribution < -0.4 is 5.43 Å². The minimum Gasteiger partial charge on any atom is -0.455 e. The Labute approximate surface area is 198 Å². The second-order valence-electron chi connectivity index (χ2n) is 10.6. The average molecular weight is 457 g/mol. The average Bonchev–Trinajstić information content (AvgIpc) is 2.84. The lowest BCUT2D eigenvalue weighted by molar-refractivity contribution is -0.147. The summed E-state index contributed by atoms with van der Waals surface area (Å²) in [5.74, 6) is 1.81. The Morgan fingerprint density at radius 2 is 1.59 bits per heavy atom. The molecule has 0 spiro atoms. The summed E-state index contributed by atoms with van der Waals surface area (Å²) in [6.07, 6.45) is 6.59. The lowest BCUT2D eigenvalue weighted by atomic mass is 9.48. The summed E-state index contributed by atoms with van der Waals surface area (Å²) in [7, 11) is 0. The van der Waals surface area contributed by atoms with Gasteiger partial charge in [0.1, 0.15) is 11.3 Å². The Morgan fingerprint density at radius 1 is 0.941 bits per heavy atom. The fourth-order valence-corrected chi connectivity index (χ4v) is 7.15. The molecule has 7 rings (SSSR count). The van der Waals surface area contributed by atoms with Crippen LogP contribution in [0.15, 0.2) is 57.7 Å². The number of esters is 1. The van der Waals surface area contributed by atoms with E-state index in [1.165, 1.54) is 19.3 Å². The van der Waals surface area contributed by atoms with Gasteiger partial charge in [-0.1, -0.05) is 36.4 Å². The normalized spacial score (nSPS) is 27.1. The Bertz CT molecular complexity index is 1310. The first-order valence-electron chi connectivity index (χ1n) is 12.3. The van der Waals surface area contributed by atoms with Crippen LogP contribution in [0.1, 0.15) is 54.4 Å². The summed E-state index contributed by atoms with van der Waals surface area (Å²) in [6, 6.07) is 14.3. The van der Waals surface area contributed by atoms with Crippen molar-refractivity contribution in [3.8, 4) is 11.3 Å². The molecule has 0 N–H and O–H groups in total.